The number of nitrogens with zero attached hydrogens (tertiary/aromatic N) is 3. The zero-order valence-corrected chi connectivity index (χ0v) is 19.8. The Labute approximate surface area is 192 Å². The van der Waals surface area contributed by atoms with Crippen molar-refractivity contribution in [3.8, 4) is 5.75 Å². The van der Waals surface area contributed by atoms with E-state index in [4.69, 9.17) is 15.2 Å². The first-order chi connectivity index (χ1) is 13.8. The predicted octanol–water partition coefficient (Wildman–Crippen LogP) is 2.08. The Morgan fingerprint density at radius 3 is 2.52 bits per heavy atom. The summed E-state index contributed by atoms with van der Waals surface area (Å²) in [5.41, 5.74) is 7.40. The minimum Gasteiger partial charge on any atom is -0.497 e. The molecule has 3 N–H and O–H groups in total. The highest BCUT2D eigenvalue weighted by Gasteiger charge is 2.23. The highest BCUT2D eigenvalue weighted by atomic mass is 127. The maximum atomic E-state index is 6.13. The molecule has 0 bridgehead atoms. The number of methoxy groups -OCH3 is 1. The van der Waals surface area contributed by atoms with Crippen LogP contribution in [0.2, 0.25) is 0 Å². The molecule has 0 aliphatic carbocycles. The largest absolute Gasteiger partial charge is 0.497 e. The molecule has 0 aromatic heterocycles. The third-order valence-corrected chi connectivity index (χ3v) is 5.58. The van der Waals surface area contributed by atoms with Crippen LogP contribution in [0.3, 0.4) is 0 Å². The molecule has 0 spiro atoms. The second-order valence-corrected chi connectivity index (χ2v) is 7.49. The topological polar surface area (TPSA) is 75.3 Å². The number of hydrogen-bond acceptors (Lipinski definition) is 5. The molecule has 1 unspecified atom stereocenters. The molecule has 1 aromatic carbocycles. The molecule has 8 heteroatoms. The summed E-state index contributed by atoms with van der Waals surface area (Å²) in [4.78, 5) is 9.60. The first kappa shape index (κ1) is 24.2. The van der Waals surface area contributed by atoms with Crippen LogP contribution >= 0.6 is 24.0 Å². The number of nitrogens with two attached hydrogens (primary N) is 1. The summed E-state index contributed by atoms with van der Waals surface area (Å²) in [6.45, 7) is 8.61. The number of nitrogens with one attached hydrogen (secondary N) is 1. The lowest BCUT2D eigenvalue weighted by Crippen LogP contribution is -2.39. The third kappa shape index (κ3) is 7.92. The lowest BCUT2D eigenvalue weighted by atomic mass is 10.1. The van der Waals surface area contributed by atoms with E-state index in [1.807, 2.05) is 12.1 Å². The molecule has 0 amide bonds. The molecule has 2 saturated heterocycles. The van der Waals surface area contributed by atoms with Gasteiger partial charge in [0, 0.05) is 19.6 Å². The van der Waals surface area contributed by atoms with Crippen LogP contribution in [0.5, 0.6) is 5.75 Å². The van der Waals surface area contributed by atoms with Crippen LogP contribution in [-0.2, 0) is 4.74 Å². The van der Waals surface area contributed by atoms with E-state index in [-0.39, 0.29) is 30.0 Å². The van der Waals surface area contributed by atoms with Gasteiger partial charge in [-0.1, -0.05) is 12.1 Å². The molecule has 29 heavy (non-hydrogen) atoms. The average molecular weight is 517 g/mol. The van der Waals surface area contributed by atoms with Gasteiger partial charge in [-0.05, 0) is 56.6 Å². The average Bonchev–Trinajstić information content (AvgIpc) is 3.27. The van der Waals surface area contributed by atoms with Crippen molar-refractivity contribution in [3.05, 3.63) is 29.8 Å². The predicted molar refractivity (Wildman–Crippen MR) is 128 cm³/mol. The number of morpholine rings is 1. The second-order valence-electron chi connectivity index (χ2n) is 7.49. The van der Waals surface area contributed by atoms with Gasteiger partial charge in [0.1, 0.15) is 5.75 Å². The Morgan fingerprint density at radius 1 is 1.17 bits per heavy atom. The monoisotopic (exact) mass is 517 g/mol. The molecule has 1 atom stereocenters. The van der Waals surface area contributed by atoms with Crippen LogP contribution < -0.4 is 15.8 Å². The normalized spacial score (nSPS) is 19.6. The molecule has 0 saturated carbocycles. The summed E-state index contributed by atoms with van der Waals surface area (Å²) in [6, 6.07) is 8.60. The minimum absolute atomic E-state index is 0. The van der Waals surface area contributed by atoms with Crippen molar-refractivity contribution < 1.29 is 9.47 Å². The molecule has 2 aliphatic heterocycles. The van der Waals surface area contributed by atoms with Gasteiger partial charge in [-0.15, -0.1) is 24.0 Å². The molecule has 0 radical (unpaired) electrons. The first-order valence-corrected chi connectivity index (χ1v) is 10.5. The molecule has 3 rings (SSSR count). The van der Waals surface area contributed by atoms with E-state index in [0.717, 1.165) is 64.7 Å². The van der Waals surface area contributed by atoms with Crippen molar-refractivity contribution in [1.29, 1.82) is 0 Å². The van der Waals surface area contributed by atoms with E-state index in [1.165, 1.54) is 18.4 Å². The van der Waals surface area contributed by atoms with Gasteiger partial charge in [-0.3, -0.25) is 14.8 Å². The summed E-state index contributed by atoms with van der Waals surface area (Å²) in [7, 11) is 1.70. The lowest BCUT2D eigenvalue weighted by molar-refractivity contribution is 0.0376. The Kier molecular flexibility index (Phi) is 11.0. The molecule has 1 aromatic rings. The van der Waals surface area contributed by atoms with E-state index >= 15 is 0 Å². The summed E-state index contributed by atoms with van der Waals surface area (Å²) in [6.07, 6.45) is 3.57. The molecular formula is C21H36IN5O2. The first-order valence-electron chi connectivity index (χ1n) is 10.5. The van der Waals surface area contributed by atoms with Gasteiger partial charge < -0.3 is 20.5 Å². The van der Waals surface area contributed by atoms with Crippen molar-refractivity contribution in [3.63, 3.8) is 0 Å². The number of hydrogen-bond donors (Lipinski definition) is 2. The summed E-state index contributed by atoms with van der Waals surface area (Å²) < 4.78 is 10.7. The van der Waals surface area contributed by atoms with Crippen LogP contribution in [0.15, 0.2) is 29.3 Å². The fourth-order valence-electron chi connectivity index (χ4n) is 3.90. The Hall–Kier alpha value is -1.10. The SMILES string of the molecule is COc1ccc(C(CN=C(N)NCCCN2CCOCC2)N2CCCC2)cc1.I. The van der Waals surface area contributed by atoms with Crippen LogP contribution in [0.4, 0.5) is 0 Å². The van der Waals surface area contributed by atoms with Crippen molar-refractivity contribution in [2.45, 2.75) is 25.3 Å². The van der Waals surface area contributed by atoms with E-state index < -0.39 is 0 Å². The van der Waals surface area contributed by atoms with Crippen LogP contribution in [0.1, 0.15) is 30.9 Å². The van der Waals surface area contributed by atoms with Gasteiger partial charge in [0.25, 0.3) is 0 Å². The number of rotatable bonds is 9. The molecule has 164 valence electrons. The maximum Gasteiger partial charge on any atom is 0.188 e. The number of likely N-dealkylation sites (tertiary alicyclic amines) is 1. The summed E-state index contributed by atoms with van der Waals surface area (Å²) in [5, 5.41) is 3.27. The molecule has 2 heterocycles. The van der Waals surface area contributed by atoms with E-state index in [2.05, 4.69) is 32.2 Å². The third-order valence-electron chi connectivity index (χ3n) is 5.58. The highest BCUT2D eigenvalue weighted by molar-refractivity contribution is 14.0. The van der Waals surface area contributed by atoms with Crippen LogP contribution in [0.25, 0.3) is 0 Å². The Bertz CT molecular complexity index is 602. The van der Waals surface area contributed by atoms with Crippen molar-refractivity contribution >= 4 is 29.9 Å². The van der Waals surface area contributed by atoms with E-state index in [1.54, 1.807) is 7.11 Å². The lowest BCUT2D eigenvalue weighted by Gasteiger charge is -2.27. The van der Waals surface area contributed by atoms with Crippen molar-refractivity contribution in [1.82, 2.24) is 15.1 Å². The van der Waals surface area contributed by atoms with Gasteiger partial charge in [0.15, 0.2) is 5.96 Å². The van der Waals surface area contributed by atoms with Crippen molar-refractivity contribution in [2.24, 2.45) is 10.7 Å². The quantitative estimate of drug-likeness (QED) is 0.226. The second kappa shape index (κ2) is 13.3. The maximum absolute atomic E-state index is 6.13. The fourth-order valence-corrected chi connectivity index (χ4v) is 3.90. The van der Waals surface area contributed by atoms with Crippen LogP contribution in [-0.4, -0.2) is 81.9 Å². The number of aliphatic imine (C=N–C) groups is 1. The van der Waals surface area contributed by atoms with Crippen LogP contribution in [0, 0.1) is 0 Å². The standard InChI is InChI=1S/C21H35N5O2.HI/c1-27-19-7-5-18(6-8-19)20(26-11-2-3-12-26)17-24-21(22)23-9-4-10-25-13-15-28-16-14-25;/h5-8,20H,2-4,9-17H2,1H3,(H3,22,23,24);1H. The molecule has 7 nitrogen and oxygen atoms in total. The smallest absolute Gasteiger partial charge is 0.188 e. The van der Waals surface area contributed by atoms with Crippen molar-refractivity contribution in [2.75, 3.05) is 66.1 Å². The number of benzene rings is 1. The number of ether oxygens (including phenoxy) is 2. The van der Waals surface area contributed by atoms with Gasteiger partial charge in [0.05, 0.1) is 32.9 Å². The number of guanidine groups is 1. The highest BCUT2D eigenvalue weighted by Crippen LogP contribution is 2.27. The zero-order valence-electron chi connectivity index (χ0n) is 17.5. The van der Waals surface area contributed by atoms with Gasteiger partial charge in [0.2, 0.25) is 0 Å². The molecule has 2 aliphatic rings. The number of halogens is 1. The van der Waals surface area contributed by atoms with Gasteiger partial charge in [-0.25, -0.2) is 0 Å². The summed E-state index contributed by atoms with van der Waals surface area (Å²) in [5.74, 6) is 1.42. The van der Waals surface area contributed by atoms with Gasteiger partial charge in [-0.2, -0.15) is 0 Å². The van der Waals surface area contributed by atoms with E-state index in [0.29, 0.717) is 12.5 Å². The molecule has 2 fully saturated rings. The zero-order chi connectivity index (χ0) is 19.6. The summed E-state index contributed by atoms with van der Waals surface area (Å²) >= 11 is 0. The minimum atomic E-state index is 0. The van der Waals surface area contributed by atoms with Gasteiger partial charge >= 0.3 is 0 Å². The Balaban J connectivity index is 0.00000300. The van der Waals surface area contributed by atoms with E-state index in [9.17, 15) is 0 Å². The molecular weight excluding hydrogens is 481 g/mol. The Morgan fingerprint density at radius 2 is 1.86 bits per heavy atom. The fraction of sp³-hybridized carbons (Fsp3) is 0.667.